The third-order valence-electron chi connectivity index (χ3n) is 5.11. The highest BCUT2D eigenvalue weighted by Crippen LogP contribution is 2.29. The number of hydrogen-bond acceptors (Lipinski definition) is 4. The molecular weight excluding hydrogens is 390 g/mol. The summed E-state index contributed by atoms with van der Waals surface area (Å²) >= 11 is 5.98. The molecule has 7 nitrogen and oxygen atoms in total. The number of amides is 2. The van der Waals surface area contributed by atoms with Crippen LogP contribution >= 0.6 is 11.6 Å². The fraction of sp³-hybridized carbons (Fsp3) is 0.429. The van der Waals surface area contributed by atoms with Crippen LogP contribution in [0, 0.1) is 11.3 Å². The molecule has 1 atom stereocenters. The van der Waals surface area contributed by atoms with Crippen LogP contribution in [0.15, 0.2) is 30.3 Å². The zero-order chi connectivity index (χ0) is 21.0. The molecule has 0 N–H and O–H groups in total. The molecule has 1 aromatic carbocycles. The zero-order valence-electron chi connectivity index (χ0n) is 16.6. The number of aromatic nitrogens is 2. The molecule has 29 heavy (non-hydrogen) atoms. The molecule has 0 radical (unpaired) electrons. The lowest BCUT2D eigenvalue weighted by molar-refractivity contribution is -0.130. The topological polar surface area (TPSA) is 82.2 Å². The second kappa shape index (κ2) is 9.10. The number of halogens is 1. The van der Waals surface area contributed by atoms with E-state index in [-0.39, 0.29) is 30.9 Å². The van der Waals surface area contributed by atoms with E-state index in [4.69, 9.17) is 22.0 Å². The van der Waals surface area contributed by atoms with E-state index >= 15 is 0 Å². The minimum atomic E-state index is -0.250. The lowest BCUT2D eigenvalue weighted by atomic mass is 10.1. The van der Waals surface area contributed by atoms with Crippen LogP contribution in [0.25, 0.3) is 11.3 Å². The van der Waals surface area contributed by atoms with Crippen molar-refractivity contribution in [1.82, 2.24) is 19.6 Å². The first-order valence-electron chi connectivity index (χ1n) is 9.70. The van der Waals surface area contributed by atoms with Crippen molar-refractivity contribution in [2.75, 3.05) is 26.7 Å². The lowest BCUT2D eigenvalue weighted by Crippen LogP contribution is -2.48. The summed E-state index contributed by atoms with van der Waals surface area (Å²) in [7, 11) is 1.57. The van der Waals surface area contributed by atoms with Crippen molar-refractivity contribution >= 4 is 23.4 Å². The van der Waals surface area contributed by atoms with E-state index in [0.717, 1.165) is 24.8 Å². The van der Waals surface area contributed by atoms with E-state index < -0.39 is 0 Å². The molecule has 2 heterocycles. The predicted octanol–water partition coefficient (Wildman–Crippen LogP) is 3.37. The summed E-state index contributed by atoms with van der Waals surface area (Å²) in [6, 6.07) is 11.1. The number of likely N-dealkylation sites (N-methyl/N-ethyl adjacent to an activating group) is 1. The summed E-state index contributed by atoms with van der Waals surface area (Å²) < 4.78 is 1.81. The molecule has 8 heteroatoms. The largest absolute Gasteiger partial charge is 0.331 e. The molecule has 0 saturated carbocycles. The van der Waals surface area contributed by atoms with Crippen molar-refractivity contribution in [2.45, 2.75) is 32.2 Å². The smallest absolute Gasteiger partial charge is 0.272 e. The third kappa shape index (κ3) is 4.60. The van der Waals surface area contributed by atoms with Gasteiger partial charge >= 0.3 is 0 Å². The van der Waals surface area contributed by atoms with Crippen LogP contribution in [-0.2, 0) is 4.79 Å². The number of fused-ring (bicyclic) bond motifs is 1. The van der Waals surface area contributed by atoms with Gasteiger partial charge in [-0.1, -0.05) is 43.5 Å². The summed E-state index contributed by atoms with van der Waals surface area (Å²) in [5, 5.41) is 14.1. The second-order valence-corrected chi connectivity index (χ2v) is 7.69. The highest BCUT2D eigenvalue weighted by molar-refractivity contribution is 6.30. The van der Waals surface area contributed by atoms with Crippen LogP contribution < -0.4 is 0 Å². The number of carbonyl (C=O) groups is 2. The maximum atomic E-state index is 13.1. The molecule has 2 amide bonds. The number of benzene rings is 1. The molecule has 3 rings (SSSR count). The van der Waals surface area contributed by atoms with Gasteiger partial charge in [-0.2, -0.15) is 10.4 Å². The van der Waals surface area contributed by atoms with E-state index in [1.807, 2.05) is 22.9 Å². The Kier molecular flexibility index (Phi) is 6.55. The van der Waals surface area contributed by atoms with E-state index in [2.05, 4.69) is 6.92 Å². The van der Waals surface area contributed by atoms with Crippen molar-refractivity contribution in [3.8, 4) is 17.3 Å². The summed E-state index contributed by atoms with van der Waals surface area (Å²) in [5.41, 5.74) is 2.08. The molecule has 0 bridgehead atoms. The number of nitrogens with zero attached hydrogens (tertiary/aromatic N) is 5. The predicted molar refractivity (Wildman–Crippen MR) is 110 cm³/mol. The number of unbranched alkanes of at least 4 members (excludes halogenated alkanes) is 1. The van der Waals surface area contributed by atoms with Gasteiger partial charge in [0.15, 0.2) is 0 Å². The lowest BCUT2D eigenvalue weighted by Gasteiger charge is -2.33. The van der Waals surface area contributed by atoms with Crippen LogP contribution in [0.1, 0.15) is 42.7 Å². The summed E-state index contributed by atoms with van der Waals surface area (Å²) in [6.45, 7) is 2.51. The summed E-state index contributed by atoms with van der Waals surface area (Å²) in [4.78, 5) is 28.3. The SMILES string of the molecule is CCCCC1CN(CC(=O)N(C)CC#N)C(=O)c2cc(-c3ccc(Cl)cc3)nn21. The Morgan fingerprint density at radius 3 is 2.76 bits per heavy atom. The molecule has 1 aromatic heterocycles. The maximum absolute atomic E-state index is 13.1. The average molecular weight is 414 g/mol. The number of rotatable bonds is 7. The molecule has 2 aromatic rings. The monoisotopic (exact) mass is 413 g/mol. The second-order valence-electron chi connectivity index (χ2n) is 7.26. The fourth-order valence-electron chi connectivity index (χ4n) is 3.44. The Hall–Kier alpha value is -2.85. The summed E-state index contributed by atoms with van der Waals surface area (Å²) in [5.74, 6) is -0.468. The molecule has 0 saturated heterocycles. The highest BCUT2D eigenvalue weighted by atomic mass is 35.5. The van der Waals surface area contributed by atoms with Gasteiger partial charge in [-0.25, -0.2) is 0 Å². The molecule has 152 valence electrons. The minimum Gasteiger partial charge on any atom is -0.331 e. The normalized spacial score (nSPS) is 15.7. The Balaban J connectivity index is 1.90. The van der Waals surface area contributed by atoms with E-state index in [1.165, 1.54) is 4.90 Å². The van der Waals surface area contributed by atoms with Crippen molar-refractivity contribution < 1.29 is 9.59 Å². The van der Waals surface area contributed by atoms with Gasteiger partial charge in [-0.3, -0.25) is 14.3 Å². The number of carbonyl (C=O) groups excluding carboxylic acids is 2. The quantitative estimate of drug-likeness (QED) is 0.651. The number of hydrogen-bond donors (Lipinski definition) is 0. The molecule has 1 aliphatic rings. The van der Waals surface area contributed by atoms with Crippen LogP contribution in [0.4, 0.5) is 0 Å². The van der Waals surface area contributed by atoms with Crippen molar-refractivity contribution in [3.05, 3.63) is 41.0 Å². The van der Waals surface area contributed by atoms with Crippen molar-refractivity contribution in [2.24, 2.45) is 0 Å². The Labute approximate surface area is 175 Å². The average Bonchev–Trinajstić information content (AvgIpc) is 3.15. The molecule has 0 aliphatic carbocycles. The molecular formula is C21H24ClN5O2. The van der Waals surface area contributed by atoms with Crippen molar-refractivity contribution in [3.63, 3.8) is 0 Å². The molecule has 1 aliphatic heterocycles. The van der Waals surface area contributed by atoms with Gasteiger partial charge in [0.05, 0.1) is 17.8 Å². The molecule has 0 spiro atoms. The Morgan fingerprint density at radius 2 is 2.10 bits per heavy atom. The summed E-state index contributed by atoms with van der Waals surface area (Å²) in [6.07, 6.45) is 2.91. The first kappa shape index (κ1) is 20.9. The van der Waals surface area contributed by atoms with Crippen LogP contribution in [-0.4, -0.2) is 58.1 Å². The Morgan fingerprint density at radius 1 is 1.38 bits per heavy atom. The van der Waals surface area contributed by atoms with Gasteiger partial charge < -0.3 is 9.80 Å². The maximum Gasteiger partial charge on any atom is 0.272 e. The third-order valence-corrected chi connectivity index (χ3v) is 5.36. The highest BCUT2D eigenvalue weighted by Gasteiger charge is 2.34. The fourth-order valence-corrected chi connectivity index (χ4v) is 3.56. The van der Waals surface area contributed by atoms with Gasteiger partial charge in [-0.15, -0.1) is 0 Å². The van der Waals surface area contributed by atoms with Crippen LogP contribution in [0.2, 0.25) is 5.02 Å². The first-order chi connectivity index (χ1) is 13.9. The van der Waals surface area contributed by atoms with Gasteiger partial charge in [0.25, 0.3) is 5.91 Å². The molecule has 0 fully saturated rings. The molecule has 1 unspecified atom stereocenters. The first-order valence-corrected chi connectivity index (χ1v) is 10.1. The van der Waals surface area contributed by atoms with E-state index in [0.29, 0.717) is 23.0 Å². The van der Waals surface area contributed by atoms with Crippen LogP contribution in [0.3, 0.4) is 0 Å². The van der Waals surface area contributed by atoms with Gasteiger partial charge in [-0.05, 0) is 24.6 Å². The van der Waals surface area contributed by atoms with Gasteiger partial charge in [0.1, 0.15) is 18.8 Å². The minimum absolute atomic E-state index is 0.00122. The van der Waals surface area contributed by atoms with Crippen molar-refractivity contribution in [1.29, 1.82) is 5.26 Å². The Bertz CT molecular complexity index is 932. The van der Waals surface area contributed by atoms with E-state index in [1.54, 1.807) is 30.1 Å². The zero-order valence-corrected chi connectivity index (χ0v) is 17.4. The van der Waals surface area contributed by atoms with E-state index in [9.17, 15) is 9.59 Å². The van der Waals surface area contributed by atoms with Crippen LogP contribution in [0.5, 0.6) is 0 Å². The standard InChI is InChI=1S/C21H24ClN5O2/c1-3-4-5-17-13-26(14-20(28)25(2)11-10-23)21(29)19-12-18(24-27(17)19)15-6-8-16(22)9-7-15/h6-9,12,17H,3-5,11,13-14H2,1-2H3. The van der Waals surface area contributed by atoms with Gasteiger partial charge in [0, 0.05) is 24.2 Å². The van der Waals surface area contributed by atoms with Gasteiger partial charge in [0.2, 0.25) is 5.91 Å². The number of nitriles is 1.